The second kappa shape index (κ2) is 7.47. The van der Waals surface area contributed by atoms with E-state index in [1.165, 1.54) is 0 Å². The number of hydrogen-bond acceptors (Lipinski definition) is 5. The zero-order chi connectivity index (χ0) is 7.71. The van der Waals surface area contributed by atoms with Crippen molar-refractivity contribution in [2.75, 3.05) is 0 Å². The molecule has 0 aromatic heterocycles. The first-order valence-corrected chi connectivity index (χ1v) is 5.63. The fourth-order valence-corrected chi connectivity index (χ4v) is 1.85. The molecule has 0 amide bonds. The molecule has 0 heterocycles. The second-order valence-corrected chi connectivity index (χ2v) is 4.68. The van der Waals surface area contributed by atoms with Gasteiger partial charge in [0.15, 0.2) is 0 Å². The summed E-state index contributed by atoms with van der Waals surface area (Å²) in [5.74, 6) is 0. The molecule has 0 bridgehead atoms. The molecule has 6 N–H and O–H groups in total. The Morgan fingerprint density at radius 1 is 0.833 bits per heavy atom. The van der Waals surface area contributed by atoms with E-state index in [-0.39, 0.29) is 40.5 Å². The minimum atomic E-state index is -5.76. The van der Waals surface area contributed by atoms with E-state index in [0.29, 0.717) is 0 Å². The van der Waals surface area contributed by atoms with E-state index in [4.69, 9.17) is 8.32 Å². The molecule has 0 saturated heterocycles. The van der Waals surface area contributed by atoms with Crippen LogP contribution in [0.25, 0.3) is 0 Å². The van der Waals surface area contributed by atoms with E-state index < -0.39 is 27.2 Å². The maximum absolute atomic E-state index is 9.53. The molecule has 0 fully saturated rings. The Hall–Kier alpha value is 1.06. The van der Waals surface area contributed by atoms with Crippen molar-refractivity contribution in [3.8, 4) is 0 Å². The van der Waals surface area contributed by atoms with Gasteiger partial charge in [-0.2, -0.15) is 0 Å². The average Bonchev–Trinajstić information content (AvgIpc) is 1.14. The van der Waals surface area contributed by atoms with Crippen molar-refractivity contribution in [3.05, 3.63) is 0 Å². The van der Waals surface area contributed by atoms with E-state index in [1.54, 1.807) is 0 Å². The Balaban J connectivity index is -0.000000107. The topological polar surface area (TPSA) is 181 Å². The predicted molar refractivity (Wildman–Crippen MR) is 22.6 cm³/mol. The van der Waals surface area contributed by atoms with Gasteiger partial charge in [-0.25, -0.2) is 0 Å². The zero-order valence-corrected chi connectivity index (χ0v) is 7.30. The Kier molecular flexibility index (Phi) is 14.4. The van der Waals surface area contributed by atoms with Crippen LogP contribution in [-0.2, 0) is 45.3 Å². The van der Waals surface area contributed by atoms with Crippen molar-refractivity contribution in [3.63, 3.8) is 0 Å². The third kappa shape index (κ3) is 22.5. The zero-order valence-electron chi connectivity index (χ0n) is 4.75. The molecule has 0 saturated carbocycles. The van der Waals surface area contributed by atoms with E-state index in [0.717, 1.165) is 0 Å². The minimum absolute atomic E-state index is 0. The van der Waals surface area contributed by atoms with E-state index >= 15 is 0 Å². The van der Waals surface area contributed by atoms with Crippen molar-refractivity contribution >= 4 is 29.6 Å². The van der Waals surface area contributed by atoms with Crippen LogP contribution in [0.4, 0.5) is 0 Å². The molecule has 0 atom stereocenters. The molecule has 0 aromatic carbocycles. The second-order valence-electron chi connectivity index (χ2n) is 0.924. The van der Waals surface area contributed by atoms with Crippen molar-refractivity contribution in [1.82, 2.24) is 0 Å². The fourth-order valence-electron chi connectivity index (χ4n) is 0.109. The van der Waals surface area contributed by atoms with Crippen molar-refractivity contribution in [1.29, 1.82) is 0 Å². The van der Waals surface area contributed by atoms with Gasteiger partial charge in [-0.1, -0.05) is 0 Å². The molecule has 0 aromatic rings. The van der Waals surface area contributed by atoms with Gasteiger partial charge in [0.1, 0.15) is 0 Å². The average molecular weight is 278 g/mol. The van der Waals surface area contributed by atoms with Crippen LogP contribution in [0.3, 0.4) is 0 Å². The van der Waals surface area contributed by atoms with Crippen LogP contribution in [-0.4, -0.2) is 48.8 Å². The van der Waals surface area contributed by atoms with Gasteiger partial charge in [-0.3, -0.25) is 0 Å². The summed E-state index contributed by atoms with van der Waals surface area (Å²) in [4.78, 5) is 0. The summed E-state index contributed by atoms with van der Waals surface area (Å²) < 4.78 is 56.3. The number of rotatable bonds is 2. The van der Waals surface area contributed by atoms with Crippen LogP contribution in [0.1, 0.15) is 0 Å². The van der Waals surface area contributed by atoms with Crippen LogP contribution in [0.15, 0.2) is 0 Å². The van der Waals surface area contributed by atoms with Gasteiger partial charge in [0.2, 0.25) is 0 Å². The Morgan fingerprint density at radius 2 is 1.00 bits per heavy atom. The summed E-state index contributed by atoms with van der Waals surface area (Å²) in [6, 6.07) is 0. The van der Waals surface area contributed by atoms with Gasteiger partial charge in [0, 0.05) is 0 Å². The van der Waals surface area contributed by atoms with Crippen LogP contribution < -0.4 is 0 Å². The first kappa shape index (κ1) is 23.1. The molecule has 12 heteroatoms. The van der Waals surface area contributed by atoms with E-state index in [9.17, 15) is 15.2 Å². The number of hydrogen-bond donors (Lipinski definition) is 2. The third-order valence-corrected chi connectivity index (χ3v) is 2.92. The summed E-state index contributed by atoms with van der Waals surface area (Å²) in [6.07, 6.45) is 0. The molecule has 0 rings (SSSR count). The van der Waals surface area contributed by atoms with Gasteiger partial charge in [-0.05, 0) is 0 Å². The summed E-state index contributed by atoms with van der Waals surface area (Å²) in [5.41, 5.74) is 0. The van der Waals surface area contributed by atoms with E-state index in [1.807, 2.05) is 0 Å². The van der Waals surface area contributed by atoms with E-state index in [2.05, 4.69) is 2.84 Å². The van der Waals surface area contributed by atoms with Gasteiger partial charge in [0.05, 0.1) is 0 Å². The van der Waals surface area contributed by atoms with Crippen LogP contribution >= 0.6 is 0 Å². The molecule has 9 nitrogen and oxygen atoms in total. The van der Waals surface area contributed by atoms with Crippen LogP contribution in [0.2, 0.25) is 0 Å². The molecule has 12 heavy (non-hydrogen) atoms. The first-order chi connectivity index (χ1) is 3.71. The van der Waals surface area contributed by atoms with Crippen molar-refractivity contribution in [2.45, 2.75) is 0 Å². The normalized spacial score (nSPS) is 10.2. The molecular formula is H7Cr2NaO9. The molecule has 0 radical (unpaired) electrons. The van der Waals surface area contributed by atoms with Gasteiger partial charge in [-0.15, -0.1) is 0 Å². The summed E-state index contributed by atoms with van der Waals surface area (Å²) in [6.45, 7) is 0. The molecule has 0 aliphatic carbocycles. The van der Waals surface area contributed by atoms with Crippen LogP contribution in [0, 0.1) is 0 Å². The SMILES string of the molecule is O.O.[NaH].[O]=[Cr](=[O])([OH])[O][Cr](=[O])(=[O])[OH]. The quantitative estimate of drug-likeness (QED) is 0.483. The fraction of sp³-hybridized carbons (Fsp3) is 0. The standard InChI is InChI=1S/2Cr.Na.4H2O.5O.H/h;;;4*1H2;;;;;;/q2*+1;;;;;;;;;;;/p-2. The van der Waals surface area contributed by atoms with Crippen molar-refractivity contribution in [2.24, 2.45) is 0 Å². The predicted octanol–water partition coefficient (Wildman–Crippen LogP) is -3.96. The monoisotopic (exact) mass is 278 g/mol. The van der Waals surface area contributed by atoms with Gasteiger partial charge >= 0.3 is 83.2 Å². The molecule has 0 unspecified atom stereocenters. The Morgan fingerprint density at radius 3 is 1.00 bits per heavy atom. The maximum atomic E-state index is 9.53. The third-order valence-electron chi connectivity index (χ3n) is 0.172. The molecule has 0 aliphatic rings. The van der Waals surface area contributed by atoms with Gasteiger partial charge < -0.3 is 11.0 Å². The van der Waals surface area contributed by atoms with Gasteiger partial charge in [0.25, 0.3) is 0 Å². The van der Waals surface area contributed by atoms with Crippen molar-refractivity contribution < 1.29 is 64.5 Å². The first-order valence-electron chi connectivity index (χ1n) is 1.37. The summed E-state index contributed by atoms with van der Waals surface area (Å²) in [7, 11) is 0. The molecular weight excluding hydrogens is 271 g/mol. The summed E-state index contributed by atoms with van der Waals surface area (Å²) in [5, 5.41) is 0. The summed E-state index contributed by atoms with van der Waals surface area (Å²) >= 11 is -11.5. The van der Waals surface area contributed by atoms with Crippen LogP contribution in [0.5, 0.6) is 0 Å². The molecule has 74 valence electrons. The Bertz CT molecular complexity index is 238. The molecule has 0 spiro atoms. The molecule has 0 aliphatic heterocycles. The Labute approximate surface area is 93.4 Å².